The first-order chi connectivity index (χ1) is 13.1. The third kappa shape index (κ3) is 4.75. The summed E-state index contributed by atoms with van der Waals surface area (Å²) >= 11 is 2.84. The van der Waals surface area contributed by atoms with E-state index in [4.69, 9.17) is 9.15 Å². The van der Waals surface area contributed by atoms with Crippen LogP contribution in [0.2, 0.25) is 0 Å². The van der Waals surface area contributed by atoms with Crippen LogP contribution in [-0.4, -0.2) is 34.7 Å². The van der Waals surface area contributed by atoms with Crippen molar-refractivity contribution in [2.75, 3.05) is 12.9 Å². The van der Waals surface area contributed by atoms with Crippen molar-refractivity contribution in [2.24, 2.45) is 0 Å². The SMILES string of the molecule is CSc1nc(-c2ccco2)nc(C)c1C(=O)OCC(=O)NCc1cccs1. The fourth-order valence-corrected chi connectivity index (χ4v) is 3.56. The maximum atomic E-state index is 12.5. The summed E-state index contributed by atoms with van der Waals surface area (Å²) in [5.74, 6) is -0.0873. The number of rotatable bonds is 7. The maximum absolute atomic E-state index is 12.5. The molecule has 3 heterocycles. The van der Waals surface area contributed by atoms with Gasteiger partial charge in [-0.3, -0.25) is 4.79 Å². The van der Waals surface area contributed by atoms with Crippen LogP contribution in [0.5, 0.6) is 0 Å². The van der Waals surface area contributed by atoms with Crippen molar-refractivity contribution in [1.29, 1.82) is 0 Å². The summed E-state index contributed by atoms with van der Waals surface area (Å²) in [4.78, 5) is 34.1. The van der Waals surface area contributed by atoms with E-state index < -0.39 is 5.97 Å². The molecule has 3 rings (SSSR count). The van der Waals surface area contributed by atoms with Gasteiger partial charge in [-0.1, -0.05) is 6.07 Å². The minimum atomic E-state index is -0.630. The van der Waals surface area contributed by atoms with Gasteiger partial charge in [0, 0.05) is 4.88 Å². The Morgan fingerprint density at radius 2 is 2.15 bits per heavy atom. The molecule has 0 spiro atoms. The fraction of sp³-hybridized carbons (Fsp3) is 0.222. The first-order valence-electron chi connectivity index (χ1n) is 8.01. The van der Waals surface area contributed by atoms with Crippen LogP contribution in [0.3, 0.4) is 0 Å². The van der Waals surface area contributed by atoms with E-state index in [0.717, 1.165) is 4.88 Å². The lowest BCUT2D eigenvalue weighted by Gasteiger charge is -2.11. The molecule has 0 saturated heterocycles. The number of aromatic nitrogens is 2. The zero-order valence-electron chi connectivity index (χ0n) is 14.7. The van der Waals surface area contributed by atoms with Crippen LogP contribution in [0.15, 0.2) is 45.4 Å². The van der Waals surface area contributed by atoms with Gasteiger partial charge in [-0.25, -0.2) is 14.8 Å². The highest BCUT2D eigenvalue weighted by molar-refractivity contribution is 7.98. The third-order valence-corrected chi connectivity index (χ3v) is 5.13. The first kappa shape index (κ1) is 19.1. The van der Waals surface area contributed by atoms with Gasteiger partial charge in [0.2, 0.25) is 0 Å². The smallest absolute Gasteiger partial charge is 0.343 e. The van der Waals surface area contributed by atoms with Crippen LogP contribution in [0.25, 0.3) is 11.6 Å². The Bertz CT molecular complexity index is 924. The molecule has 1 amide bonds. The van der Waals surface area contributed by atoms with Gasteiger partial charge in [-0.2, -0.15) is 0 Å². The van der Waals surface area contributed by atoms with Gasteiger partial charge in [0.15, 0.2) is 18.2 Å². The Kier molecular flexibility index (Phi) is 6.25. The third-order valence-electron chi connectivity index (χ3n) is 3.57. The molecule has 0 radical (unpaired) electrons. The number of thioether (sulfide) groups is 1. The molecule has 0 aromatic carbocycles. The van der Waals surface area contributed by atoms with E-state index in [0.29, 0.717) is 28.8 Å². The maximum Gasteiger partial charge on any atom is 0.343 e. The standard InChI is InChI=1S/C18H17N3O4S2/c1-11-15(17(26-2)21-16(20-11)13-6-3-7-24-13)18(23)25-10-14(22)19-9-12-5-4-8-27-12/h3-8H,9-10H2,1-2H3,(H,19,22). The molecular formula is C18H17N3O4S2. The summed E-state index contributed by atoms with van der Waals surface area (Å²) in [7, 11) is 0. The van der Waals surface area contributed by atoms with Gasteiger partial charge in [-0.15, -0.1) is 23.1 Å². The van der Waals surface area contributed by atoms with Crippen molar-refractivity contribution in [3.05, 3.63) is 52.0 Å². The van der Waals surface area contributed by atoms with E-state index in [2.05, 4.69) is 15.3 Å². The zero-order valence-corrected chi connectivity index (χ0v) is 16.4. The van der Waals surface area contributed by atoms with Crippen LogP contribution in [0.4, 0.5) is 0 Å². The monoisotopic (exact) mass is 403 g/mol. The summed E-state index contributed by atoms with van der Waals surface area (Å²) in [6, 6.07) is 7.31. The van der Waals surface area contributed by atoms with Crippen LogP contribution in [0, 0.1) is 6.92 Å². The molecule has 3 aromatic rings. The van der Waals surface area contributed by atoms with Crippen molar-refractivity contribution < 1.29 is 18.7 Å². The molecule has 0 aliphatic heterocycles. The Morgan fingerprint density at radius 1 is 1.30 bits per heavy atom. The second kappa shape index (κ2) is 8.83. The summed E-state index contributed by atoms with van der Waals surface area (Å²) in [5.41, 5.74) is 0.716. The molecule has 0 aliphatic carbocycles. The van der Waals surface area contributed by atoms with E-state index in [9.17, 15) is 9.59 Å². The minimum Gasteiger partial charge on any atom is -0.461 e. The number of esters is 1. The average molecular weight is 403 g/mol. The molecule has 1 N–H and O–H groups in total. The van der Waals surface area contributed by atoms with Gasteiger partial charge in [0.1, 0.15) is 10.6 Å². The summed E-state index contributed by atoms with van der Waals surface area (Å²) in [6.45, 7) is 1.74. The van der Waals surface area contributed by atoms with E-state index in [1.807, 2.05) is 17.5 Å². The Morgan fingerprint density at radius 3 is 2.81 bits per heavy atom. The number of aryl methyl sites for hydroxylation is 1. The number of furan rings is 1. The molecule has 0 bridgehead atoms. The van der Waals surface area contributed by atoms with Crippen molar-refractivity contribution in [3.8, 4) is 11.6 Å². The van der Waals surface area contributed by atoms with E-state index >= 15 is 0 Å². The van der Waals surface area contributed by atoms with Gasteiger partial charge in [-0.05, 0) is 36.8 Å². The summed E-state index contributed by atoms with van der Waals surface area (Å²) < 4.78 is 10.5. The van der Waals surface area contributed by atoms with Crippen LogP contribution >= 0.6 is 23.1 Å². The largest absolute Gasteiger partial charge is 0.461 e. The van der Waals surface area contributed by atoms with Gasteiger partial charge >= 0.3 is 5.97 Å². The van der Waals surface area contributed by atoms with Crippen molar-refractivity contribution in [3.63, 3.8) is 0 Å². The van der Waals surface area contributed by atoms with Crippen molar-refractivity contribution in [2.45, 2.75) is 18.5 Å². The number of nitrogens with one attached hydrogen (secondary N) is 1. The Balaban J connectivity index is 1.66. The number of carbonyl (C=O) groups is 2. The highest BCUT2D eigenvalue weighted by Gasteiger charge is 2.21. The molecule has 0 saturated carbocycles. The highest BCUT2D eigenvalue weighted by Crippen LogP contribution is 2.25. The molecule has 0 fully saturated rings. The lowest BCUT2D eigenvalue weighted by atomic mass is 10.2. The van der Waals surface area contributed by atoms with E-state index in [1.165, 1.54) is 18.0 Å². The topological polar surface area (TPSA) is 94.3 Å². The number of hydrogen-bond donors (Lipinski definition) is 1. The summed E-state index contributed by atoms with van der Waals surface area (Å²) in [5, 5.41) is 5.11. The lowest BCUT2D eigenvalue weighted by Crippen LogP contribution is -2.28. The van der Waals surface area contributed by atoms with Gasteiger partial charge < -0.3 is 14.5 Å². The molecular weight excluding hydrogens is 386 g/mol. The molecule has 0 unspecified atom stereocenters. The van der Waals surface area contributed by atoms with E-state index in [-0.39, 0.29) is 18.1 Å². The molecule has 27 heavy (non-hydrogen) atoms. The number of carbonyl (C=O) groups excluding carboxylic acids is 2. The predicted molar refractivity (Wildman–Crippen MR) is 103 cm³/mol. The minimum absolute atomic E-state index is 0.254. The number of hydrogen-bond acceptors (Lipinski definition) is 8. The number of ether oxygens (including phenoxy) is 1. The first-order valence-corrected chi connectivity index (χ1v) is 10.1. The second-order valence-electron chi connectivity index (χ2n) is 5.43. The average Bonchev–Trinajstić information content (AvgIpc) is 3.37. The molecule has 9 heteroatoms. The van der Waals surface area contributed by atoms with Crippen molar-refractivity contribution in [1.82, 2.24) is 15.3 Å². The summed E-state index contributed by atoms with van der Waals surface area (Å²) in [6.07, 6.45) is 3.34. The van der Waals surface area contributed by atoms with Gasteiger partial charge in [0.05, 0.1) is 18.5 Å². The lowest BCUT2D eigenvalue weighted by molar-refractivity contribution is -0.124. The van der Waals surface area contributed by atoms with Crippen LogP contribution in [0.1, 0.15) is 20.9 Å². The number of amides is 1. The highest BCUT2D eigenvalue weighted by atomic mass is 32.2. The number of thiophene rings is 1. The molecule has 0 aliphatic rings. The molecule has 140 valence electrons. The fourth-order valence-electron chi connectivity index (χ4n) is 2.30. The van der Waals surface area contributed by atoms with Crippen molar-refractivity contribution >= 4 is 35.0 Å². The molecule has 0 atom stereocenters. The molecule has 7 nitrogen and oxygen atoms in total. The van der Waals surface area contributed by atoms with E-state index in [1.54, 1.807) is 36.6 Å². The Hall–Kier alpha value is -2.65. The molecule has 3 aromatic heterocycles. The van der Waals surface area contributed by atoms with Crippen LogP contribution in [-0.2, 0) is 16.1 Å². The van der Waals surface area contributed by atoms with Crippen LogP contribution < -0.4 is 5.32 Å². The quantitative estimate of drug-likeness (QED) is 0.367. The Labute approximate surface area is 164 Å². The predicted octanol–water partition coefficient (Wildman–Crippen LogP) is 3.30. The second-order valence-corrected chi connectivity index (χ2v) is 7.25. The normalized spacial score (nSPS) is 10.6. The zero-order chi connectivity index (χ0) is 19.2. The van der Waals surface area contributed by atoms with Gasteiger partial charge in [0.25, 0.3) is 5.91 Å². The number of nitrogens with zero attached hydrogens (tertiary/aromatic N) is 2.